The van der Waals surface area contributed by atoms with Crippen LogP contribution in [0.15, 0.2) is 11.4 Å². The van der Waals surface area contributed by atoms with E-state index < -0.39 is 18.2 Å². The van der Waals surface area contributed by atoms with Gasteiger partial charge in [-0.25, -0.2) is 14.8 Å². The van der Waals surface area contributed by atoms with Gasteiger partial charge in [0.2, 0.25) is 0 Å². The van der Waals surface area contributed by atoms with E-state index >= 15 is 0 Å². The second kappa shape index (κ2) is 6.78. The van der Waals surface area contributed by atoms with Crippen molar-refractivity contribution in [1.29, 1.82) is 0 Å². The Kier molecular flexibility index (Phi) is 5.61. The number of halogens is 3. The van der Waals surface area contributed by atoms with E-state index in [9.17, 15) is 18.0 Å². The summed E-state index contributed by atoms with van der Waals surface area (Å²) in [6.45, 7) is 2.65. The standard InChI is InChI=1S/C11H14F3N3O2S/c1-4-19-9(18)7-5-15-10(20-3)17-8(7)16-6(2)11(12,13)14/h5-6H,4H2,1-3H3,(H,15,16,17)/t6-/m0/s1. The Morgan fingerprint density at radius 1 is 1.55 bits per heavy atom. The molecule has 0 fully saturated rings. The van der Waals surface area contributed by atoms with Crippen molar-refractivity contribution in [2.45, 2.75) is 31.2 Å². The number of esters is 1. The average Bonchev–Trinajstić information content (AvgIpc) is 2.37. The number of thioether (sulfide) groups is 1. The summed E-state index contributed by atoms with van der Waals surface area (Å²) < 4.78 is 42.5. The van der Waals surface area contributed by atoms with Crippen molar-refractivity contribution >= 4 is 23.5 Å². The minimum Gasteiger partial charge on any atom is -0.462 e. The van der Waals surface area contributed by atoms with Crippen molar-refractivity contribution in [3.8, 4) is 0 Å². The fraction of sp³-hybridized carbons (Fsp3) is 0.545. The van der Waals surface area contributed by atoms with Crippen LogP contribution in [0.1, 0.15) is 24.2 Å². The molecule has 0 aliphatic rings. The van der Waals surface area contributed by atoms with Crippen LogP contribution in [-0.2, 0) is 4.74 Å². The molecular weight excluding hydrogens is 295 g/mol. The van der Waals surface area contributed by atoms with E-state index in [2.05, 4.69) is 15.3 Å². The first-order valence-electron chi connectivity index (χ1n) is 5.71. The minimum absolute atomic E-state index is 0.109. The van der Waals surface area contributed by atoms with Crippen LogP contribution < -0.4 is 5.32 Å². The van der Waals surface area contributed by atoms with E-state index in [1.165, 1.54) is 0 Å². The molecule has 20 heavy (non-hydrogen) atoms. The summed E-state index contributed by atoms with van der Waals surface area (Å²) in [6.07, 6.45) is -1.62. The van der Waals surface area contributed by atoms with Crippen molar-refractivity contribution in [3.05, 3.63) is 11.8 Å². The Morgan fingerprint density at radius 2 is 2.20 bits per heavy atom. The lowest BCUT2D eigenvalue weighted by atomic mass is 10.2. The number of carbonyl (C=O) groups is 1. The van der Waals surface area contributed by atoms with Crippen molar-refractivity contribution < 1.29 is 22.7 Å². The topological polar surface area (TPSA) is 64.1 Å². The van der Waals surface area contributed by atoms with Gasteiger partial charge < -0.3 is 10.1 Å². The molecular formula is C11H14F3N3O2S. The number of alkyl halides is 3. The van der Waals surface area contributed by atoms with Gasteiger partial charge in [-0.05, 0) is 20.1 Å². The van der Waals surface area contributed by atoms with Crippen LogP contribution in [0.5, 0.6) is 0 Å². The summed E-state index contributed by atoms with van der Waals surface area (Å²) in [6, 6.07) is -1.85. The first kappa shape index (κ1) is 16.5. The molecule has 5 nitrogen and oxygen atoms in total. The fourth-order valence-electron chi connectivity index (χ4n) is 1.22. The summed E-state index contributed by atoms with van der Waals surface area (Å²) in [4.78, 5) is 19.4. The average molecular weight is 309 g/mol. The Hall–Kier alpha value is -1.51. The number of rotatable bonds is 5. The van der Waals surface area contributed by atoms with Gasteiger partial charge in [-0.2, -0.15) is 13.2 Å². The quantitative estimate of drug-likeness (QED) is 0.512. The predicted octanol–water partition coefficient (Wildman–Crippen LogP) is 2.74. The Balaban J connectivity index is 3.09. The molecule has 0 aliphatic heterocycles. The molecule has 0 bridgehead atoms. The number of hydrogen-bond acceptors (Lipinski definition) is 6. The van der Waals surface area contributed by atoms with E-state index in [0.29, 0.717) is 0 Å². The molecule has 1 aromatic rings. The number of carbonyl (C=O) groups excluding carboxylic acids is 1. The van der Waals surface area contributed by atoms with Crippen LogP contribution in [0.4, 0.5) is 19.0 Å². The van der Waals surface area contributed by atoms with Crippen LogP contribution in [0.2, 0.25) is 0 Å². The number of ether oxygens (including phenoxy) is 1. The number of hydrogen-bond donors (Lipinski definition) is 1. The van der Waals surface area contributed by atoms with Gasteiger partial charge in [-0.15, -0.1) is 0 Å². The molecule has 0 aromatic carbocycles. The van der Waals surface area contributed by atoms with Gasteiger partial charge >= 0.3 is 12.1 Å². The maximum Gasteiger partial charge on any atom is 0.408 e. The number of nitrogens with one attached hydrogen (secondary N) is 1. The first-order valence-corrected chi connectivity index (χ1v) is 6.93. The van der Waals surface area contributed by atoms with E-state index in [1.807, 2.05) is 0 Å². The highest BCUT2D eigenvalue weighted by atomic mass is 32.2. The Labute approximate surface area is 118 Å². The van der Waals surface area contributed by atoms with Crippen LogP contribution in [0, 0.1) is 0 Å². The van der Waals surface area contributed by atoms with Gasteiger partial charge in [0, 0.05) is 6.20 Å². The normalized spacial score (nSPS) is 12.9. The molecule has 0 saturated heterocycles. The summed E-state index contributed by atoms with van der Waals surface area (Å²) in [7, 11) is 0. The van der Waals surface area contributed by atoms with Crippen molar-refractivity contribution in [2.75, 3.05) is 18.2 Å². The highest BCUT2D eigenvalue weighted by Gasteiger charge is 2.37. The first-order chi connectivity index (χ1) is 9.29. The zero-order chi connectivity index (χ0) is 15.3. The molecule has 1 rings (SSSR count). The third kappa shape index (κ3) is 4.26. The summed E-state index contributed by atoms with van der Waals surface area (Å²) in [5.41, 5.74) is -0.124. The number of nitrogens with zero attached hydrogens (tertiary/aromatic N) is 2. The smallest absolute Gasteiger partial charge is 0.408 e. The third-order valence-corrected chi connectivity index (χ3v) is 2.85. The molecule has 0 spiro atoms. The molecule has 1 aromatic heterocycles. The van der Waals surface area contributed by atoms with E-state index in [4.69, 9.17) is 4.74 Å². The number of aromatic nitrogens is 2. The summed E-state index contributed by atoms with van der Waals surface area (Å²) in [5.74, 6) is -0.954. The van der Waals surface area contributed by atoms with E-state index in [-0.39, 0.29) is 23.1 Å². The Bertz CT molecular complexity index is 482. The van der Waals surface area contributed by atoms with Gasteiger partial charge in [0.25, 0.3) is 0 Å². The van der Waals surface area contributed by atoms with Crippen LogP contribution in [0.3, 0.4) is 0 Å². The highest BCUT2D eigenvalue weighted by Crippen LogP contribution is 2.25. The summed E-state index contributed by atoms with van der Waals surface area (Å²) >= 11 is 1.16. The fourth-order valence-corrected chi connectivity index (χ4v) is 1.56. The molecule has 0 unspecified atom stereocenters. The molecule has 1 heterocycles. The third-order valence-electron chi connectivity index (χ3n) is 2.29. The van der Waals surface area contributed by atoms with Crippen molar-refractivity contribution in [3.63, 3.8) is 0 Å². The minimum atomic E-state index is -4.45. The van der Waals surface area contributed by atoms with E-state index in [0.717, 1.165) is 24.9 Å². The molecule has 1 N–H and O–H groups in total. The van der Waals surface area contributed by atoms with Gasteiger partial charge in [0.05, 0.1) is 6.61 Å². The van der Waals surface area contributed by atoms with Gasteiger partial charge in [-0.3, -0.25) is 0 Å². The molecule has 0 amide bonds. The van der Waals surface area contributed by atoms with Gasteiger partial charge in [0.1, 0.15) is 17.4 Å². The van der Waals surface area contributed by atoms with Crippen molar-refractivity contribution in [1.82, 2.24) is 9.97 Å². The van der Waals surface area contributed by atoms with Crippen LogP contribution in [0.25, 0.3) is 0 Å². The lowest BCUT2D eigenvalue weighted by Crippen LogP contribution is -2.34. The van der Waals surface area contributed by atoms with Crippen LogP contribution >= 0.6 is 11.8 Å². The largest absolute Gasteiger partial charge is 0.462 e. The molecule has 112 valence electrons. The SMILES string of the molecule is CCOC(=O)c1cnc(SC)nc1N[C@@H](C)C(F)(F)F. The second-order valence-corrected chi connectivity index (χ2v) is 4.52. The predicted molar refractivity (Wildman–Crippen MR) is 68.9 cm³/mol. The zero-order valence-electron chi connectivity index (χ0n) is 11.1. The van der Waals surface area contributed by atoms with Gasteiger partial charge in [0.15, 0.2) is 5.16 Å². The van der Waals surface area contributed by atoms with Crippen molar-refractivity contribution in [2.24, 2.45) is 0 Å². The lowest BCUT2D eigenvalue weighted by Gasteiger charge is -2.19. The maximum absolute atomic E-state index is 12.6. The van der Waals surface area contributed by atoms with Gasteiger partial charge in [-0.1, -0.05) is 11.8 Å². The summed E-state index contributed by atoms with van der Waals surface area (Å²) in [5, 5.41) is 2.43. The van der Waals surface area contributed by atoms with Crippen LogP contribution in [-0.4, -0.2) is 41.0 Å². The van der Waals surface area contributed by atoms with E-state index in [1.54, 1.807) is 13.2 Å². The maximum atomic E-state index is 12.6. The molecule has 0 radical (unpaired) electrons. The molecule has 0 aliphatic carbocycles. The lowest BCUT2D eigenvalue weighted by molar-refractivity contribution is -0.138. The molecule has 0 saturated carbocycles. The highest BCUT2D eigenvalue weighted by molar-refractivity contribution is 7.98. The monoisotopic (exact) mass is 309 g/mol. The molecule has 1 atom stereocenters. The molecule has 9 heteroatoms. The second-order valence-electron chi connectivity index (χ2n) is 3.75. The zero-order valence-corrected chi connectivity index (χ0v) is 11.9. The Morgan fingerprint density at radius 3 is 2.70 bits per heavy atom. The number of anilines is 1.